The van der Waals surface area contributed by atoms with E-state index in [1.807, 2.05) is 0 Å². The Balaban J connectivity index is 3.26. The molecule has 0 fully saturated rings. The van der Waals surface area contributed by atoms with Gasteiger partial charge in [-0.1, -0.05) is 28.5 Å². The molecule has 76 valence electrons. The molecule has 0 bridgehead atoms. The number of carbonyl (C=O) groups is 2. The molecule has 0 spiro atoms. The summed E-state index contributed by atoms with van der Waals surface area (Å²) in [5.41, 5.74) is 0. The highest BCUT2D eigenvalue weighted by atomic mass is 33.1. The number of carboxylic acids is 2. The average molecular weight is 224 g/mol. The zero-order valence-electron chi connectivity index (χ0n) is 7.23. The summed E-state index contributed by atoms with van der Waals surface area (Å²) in [6.45, 7) is 1.63. The van der Waals surface area contributed by atoms with Crippen molar-refractivity contribution >= 4 is 33.5 Å². The summed E-state index contributed by atoms with van der Waals surface area (Å²) in [5, 5.41) is 16.8. The van der Waals surface area contributed by atoms with Crippen molar-refractivity contribution in [1.29, 1.82) is 0 Å². The van der Waals surface area contributed by atoms with Gasteiger partial charge >= 0.3 is 11.9 Å². The van der Waals surface area contributed by atoms with Crippen LogP contribution in [0.1, 0.15) is 13.3 Å². The molecule has 0 saturated heterocycles. The lowest BCUT2D eigenvalue weighted by atomic mass is 10.2. The molecule has 6 heteroatoms. The predicted octanol–water partition coefficient (Wildman–Crippen LogP) is 1.56. The van der Waals surface area contributed by atoms with Crippen LogP contribution >= 0.6 is 21.6 Å². The minimum Gasteiger partial charge on any atom is -0.481 e. The van der Waals surface area contributed by atoms with Gasteiger partial charge in [0.2, 0.25) is 0 Å². The fourth-order valence-corrected chi connectivity index (χ4v) is 2.73. The van der Waals surface area contributed by atoms with Crippen LogP contribution in [0.3, 0.4) is 0 Å². The van der Waals surface area contributed by atoms with E-state index in [1.165, 1.54) is 21.6 Å². The highest BCUT2D eigenvalue weighted by Crippen LogP contribution is 2.24. The van der Waals surface area contributed by atoms with Crippen molar-refractivity contribution < 1.29 is 19.8 Å². The van der Waals surface area contributed by atoms with Crippen LogP contribution in [0.5, 0.6) is 0 Å². The molecule has 2 N–H and O–H groups in total. The Morgan fingerprint density at radius 1 is 1.31 bits per heavy atom. The SMILES string of the molecule is C[C@H](CSSCCC(=O)O)C(=O)O. The van der Waals surface area contributed by atoms with Crippen LogP contribution in [0.25, 0.3) is 0 Å². The van der Waals surface area contributed by atoms with Crippen LogP contribution < -0.4 is 0 Å². The Labute approximate surface area is 84.5 Å². The van der Waals surface area contributed by atoms with Crippen molar-refractivity contribution in [1.82, 2.24) is 0 Å². The number of hydrogen-bond donors (Lipinski definition) is 2. The molecule has 0 aromatic heterocycles. The molecule has 0 aromatic carbocycles. The third-order valence-corrected chi connectivity index (χ3v) is 3.80. The minimum atomic E-state index is -0.820. The van der Waals surface area contributed by atoms with E-state index in [-0.39, 0.29) is 12.3 Å². The maximum atomic E-state index is 10.4. The molecule has 13 heavy (non-hydrogen) atoms. The first kappa shape index (κ1) is 12.6. The van der Waals surface area contributed by atoms with E-state index < -0.39 is 11.9 Å². The Hall–Kier alpha value is -0.360. The number of rotatable bonds is 7. The molecule has 0 amide bonds. The van der Waals surface area contributed by atoms with Gasteiger partial charge in [0.1, 0.15) is 0 Å². The first-order valence-electron chi connectivity index (χ1n) is 3.73. The Bertz CT molecular complexity index is 183. The largest absolute Gasteiger partial charge is 0.481 e. The quantitative estimate of drug-likeness (QED) is 0.505. The zero-order chi connectivity index (χ0) is 10.3. The third-order valence-electron chi connectivity index (χ3n) is 1.22. The Morgan fingerprint density at radius 2 is 1.92 bits per heavy atom. The van der Waals surface area contributed by atoms with Gasteiger partial charge in [0.25, 0.3) is 0 Å². The smallest absolute Gasteiger partial charge is 0.307 e. The molecular weight excluding hydrogens is 212 g/mol. The fourth-order valence-electron chi connectivity index (χ4n) is 0.409. The van der Waals surface area contributed by atoms with E-state index in [9.17, 15) is 9.59 Å². The van der Waals surface area contributed by atoms with Crippen molar-refractivity contribution in [2.75, 3.05) is 11.5 Å². The van der Waals surface area contributed by atoms with Crippen LogP contribution in [-0.4, -0.2) is 33.7 Å². The normalized spacial score (nSPS) is 12.4. The molecule has 1 atom stereocenters. The van der Waals surface area contributed by atoms with Crippen LogP contribution in [-0.2, 0) is 9.59 Å². The van der Waals surface area contributed by atoms with Gasteiger partial charge in [-0.25, -0.2) is 0 Å². The van der Waals surface area contributed by atoms with Crippen LogP contribution in [0, 0.1) is 5.92 Å². The third kappa shape index (κ3) is 7.98. The lowest BCUT2D eigenvalue weighted by Gasteiger charge is -2.03. The molecule has 0 unspecified atom stereocenters. The second-order valence-electron chi connectivity index (χ2n) is 2.49. The van der Waals surface area contributed by atoms with Crippen molar-refractivity contribution in [3.8, 4) is 0 Å². The highest BCUT2D eigenvalue weighted by molar-refractivity contribution is 8.76. The van der Waals surface area contributed by atoms with Crippen LogP contribution in [0.15, 0.2) is 0 Å². The van der Waals surface area contributed by atoms with Crippen molar-refractivity contribution in [3.63, 3.8) is 0 Å². The van der Waals surface area contributed by atoms with Gasteiger partial charge in [-0.3, -0.25) is 9.59 Å². The van der Waals surface area contributed by atoms with E-state index in [0.29, 0.717) is 11.5 Å². The lowest BCUT2D eigenvalue weighted by molar-refractivity contribution is -0.140. The summed E-state index contributed by atoms with van der Waals surface area (Å²) >= 11 is 0. The highest BCUT2D eigenvalue weighted by Gasteiger charge is 2.10. The van der Waals surface area contributed by atoms with Crippen LogP contribution in [0.4, 0.5) is 0 Å². The summed E-state index contributed by atoms with van der Waals surface area (Å²) < 4.78 is 0. The van der Waals surface area contributed by atoms with Crippen LogP contribution in [0.2, 0.25) is 0 Å². The van der Waals surface area contributed by atoms with Crippen molar-refractivity contribution in [2.24, 2.45) is 5.92 Å². The molecule has 0 aliphatic carbocycles. The van der Waals surface area contributed by atoms with Gasteiger partial charge in [0.15, 0.2) is 0 Å². The zero-order valence-corrected chi connectivity index (χ0v) is 8.86. The maximum Gasteiger partial charge on any atom is 0.307 e. The first-order valence-corrected chi connectivity index (χ1v) is 6.22. The molecule has 0 radical (unpaired) electrons. The number of carboxylic acid groups (broad SMARTS) is 2. The summed E-state index contributed by atoms with van der Waals surface area (Å²) in [7, 11) is 2.80. The van der Waals surface area contributed by atoms with E-state index in [2.05, 4.69) is 0 Å². The lowest BCUT2D eigenvalue weighted by Crippen LogP contribution is -2.11. The topological polar surface area (TPSA) is 74.6 Å². The van der Waals surface area contributed by atoms with Gasteiger partial charge in [-0.05, 0) is 0 Å². The predicted molar refractivity (Wildman–Crippen MR) is 54.0 cm³/mol. The monoisotopic (exact) mass is 224 g/mol. The molecule has 0 aliphatic rings. The summed E-state index contributed by atoms with van der Waals surface area (Å²) in [4.78, 5) is 20.4. The van der Waals surface area contributed by atoms with E-state index in [4.69, 9.17) is 10.2 Å². The molecule has 0 aliphatic heterocycles. The van der Waals surface area contributed by atoms with Gasteiger partial charge < -0.3 is 10.2 Å². The molecule has 0 aromatic rings. The summed E-state index contributed by atoms with van der Waals surface area (Å²) in [6.07, 6.45) is 0.124. The molecule has 0 rings (SSSR count). The molecule has 0 saturated carbocycles. The summed E-state index contributed by atoms with van der Waals surface area (Å²) in [5.74, 6) is -0.973. The maximum absolute atomic E-state index is 10.4. The second-order valence-corrected chi connectivity index (χ2v) is 5.12. The molecular formula is C7H12O4S2. The average Bonchev–Trinajstić information content (AvgIpc) is 2.02. The van der Waals surface area contributed by atoms with Crippen molar-refractivity contribution in [3.05, 3.63) is 0 Å². The van der Waals surface area contributed by atoms with Gasteiger partial charge in [0, 0.05) is 11.5 Å². The summed E-state index contributed by atoms with van der Waals surface area (Å²) in [6, 6.07) is 0. The second kappa shape index (κ2) is 7.08. The standard InChI is InChI=1S/C7H12O4S2/c1-5(7(10)11)4-13-12-3-2-6(8)9/h5H,2-4H2,1H3,(H,8,9)(H,10,11)/t5-/m1/s1. The van der Waals surface area contributed by atoms with Crippen molar-refractivity contribution in [2.45, 2.75) is 13.3 Å². The number of aliphatic carboxylic acids is 2. The molecule has 0 heterocycles. The number of hydrogen-bond acceptors (Lipinski definition) is 4. The molecule has 4 nitrogen and oxygen atoms in total. The first-order chi connectivity index (χ1) is 6.04. The Kier molecular flexibility index (Phi) is 6.89. The van der Waals surface area contributed by atoms with Gasteiger partial charge in [-0.15, -0.1) is 0 Å². The van der Waals surface area contributed by atoms with E-state index in [0.717, 1.165) is 0 Å². The van der Waals surface area contributed by atoms with E-state index >= 15 is 0 Å². The van der Waals surface area contributed by atoms with E-state index in [1.54, 1.807) is 6.92 Å². The fraction of sp³-hybridized carbons (Fsp3) is 0.714. The van der Waals surface area contributed by atoms with Gasteiger partial charge in [0.05, 0.1) is 12.3 Å². The Morgan fingerprint density at radius 3 is 2.38 bits per heavy atom. The van der Waals surface area contributed by atoms with Gasteiger partial charge in [-0.2, -0.15) is 0 Å². The minimum absolute atomic E-state index is 0.124.